The SMILES string of the molecule is NCCCC(NC(=O)c1nccc2ccccc12)C(=O)NC1CCCC1/C(=N/N)NN. The van der Waals surface area contributed by atoms with Crippen LogP contribution in [0, 0.1) is 5.92 Å². The third-order valence-electron chi connectivity index (χ3n) is 5.69. The lowest BCUT2D eigenvalue weighted by Gasteiger charge is -2.25. The second-order valence-electron chi connectivity index (χ2n) is 7.65. The van der Waals surface area contributed by atoms with Gasteiger partial charge in [-0.15, -0.1) is 0 Å². The van der Waals surface area contributed by atoms with Gasteiger partial charge in [0, 0.05) is 23.5 Å². The van der Waals surface area contributed by atoms with Crippen LogP contribution >= 0.6 is 0 Å². The summed E-state index contributed by atoms with van der Waals surface area (Å²) in [7, 11) is 0. The van der Waals surface area contributed by atoms with Crippen molar-refractivity contribution in [2.24, 2.45) is 28.4 Å². The zero-order valence-electron chi connectivity index (χ0n) is 17.4. The zero-order chi connectivity index (χ0) is 22.2. The Kier molecular flexibility index (Phi) is 7.74. The van der Waals surface area contributed by atoms with Crippen LogP contribution in [0.1, 0.15) is 42.6 Å². The van der Waals surface area contributed by atoms with Gasteiger partial charge in [-0.2, -0.15) is 5.10 Å². The Morgan fingerprint density at radius 3 is 2.77 bits per heavy atom. The number of hydrazine groups is 1. The molecule has 2 amide bonds. The number of hydrogen-bond acceptors (Lipinski definition) is 7. The van der Waals surface area contributed by atoms with Gasteiger partial charge in [0.15, 0.2) is 0 Å². The number of amidine groups is 1. The monoisotopic (exact) mass is 426 g/mol. The minimum atomic E-state index is -0.734. The fraction of sp³-hybridized carbons (Fsp3) is 0.429. The minimum absolute atomic E-state index is 0.0930. The molecule has 1 aliphatic carbocycles. The highest BCUT2D eigenvalue weighted by Crippen LogP contribution is 2.26. The molecule has 10 nitrogen and oxygen atoms in total. The number of fused-ring (bicyclic) bond motifs is 1. The van der Waals surface area contributed by atoms with Crippen LogP contribution in [0.5, 0.6) is 0 Å². The first-order valence-electron chi connectivity index (χ1n) is 10.5. The highest BCUT2D eigenvalue weighted by atomic mass is 16.2. The predicted octanol–water partition coefficient (Wildman–Crippen LogP) is 0.0925. The molecule has 0 radical (unpaired) electrons. The molecule has 9 N–H and O–H groups in total. The molecular formula is C21H30N8O2. The van der Waals surface area contributed by atoms with E-state index < -0.39 is 11.9 Å². The van der Waals surface area contributed by atoms with E-state index in [4.69, 9.17) is 17.4 Å². The Bertz CT molecular complexity index is 943. The van der Waals surface area contributed by atoms with Gasteiger partial charge in [0.25, 0.3) is 5.91 Å². The molecule has 3 unspecified atom stereocenters. The normalized spacial score (nSPS) is 19.7. The Hall–Kier alpha value is -3.24. The number of carbonyl (C=O) groups is 2. The van der Waals surface area contributed by atoms with Gasteiger partial charge in [-0.25, -0.2) is 5.84 Å². The number of pyridine rings is 1. The summed E-state index contributed by atoms with van der Waals surface area (Å²) < 4.78 is 0. The number of hydrazone groups is 1. The Balaban J connectivity index is 1.75. The molecule has 31 heavy (non-hydrogen) atoms. The number of amides is 2. The summed E-state index contributed by atoms with van der Waals surface area (Å²) in [5.74, 6) is 10.6. The van der Waals surface area contributed by atoms with Crippen LogP contribution in [0.15, 0.2) is 41.6 Å². The van der Waals surface area contributed by atoms with E-state index in [1.807, 2.05) is 30.3 Å². The van der Waals surface area contributed by atoms with E-state index in [2.05, 4.69) is 26.1 Å². The van der Waals surface area contributed by atoms with Crippen molar-refractivity contribution in [3.05, 3.63) is 42.2 Å². The van der Waals surface area contributed by atoms with E-state index in [1.54, 1.807) is 6.20 Å². The molecule has 1 aromatic carbocycles. The Labute approximate surface area is 181 Å². The molecule has 1 fully saturated rings. The molecule has 166 valence electrons. The van der Waals surface area contributed by atoms with Gasteiger partial charge < -0.3 is 27.6 Å². The average molecular weight is 427 g/mol. The van der Waals surface area contributed by atoms with Crippen molar-refractivity contribution >= 4 is 28.4 Å². The lowest BCUT2D eigenvalue weighted by molar-refractivity contribution is -0.124. The van der Waals surface area contributed by atoms with E-state index in [0.717, 1.165) is 30.0 Å². The molecule has 3 rings (SSSR count). The Morgan fingerprint density at radius 2 is 2.03 bits per heavy atom. The summed E-state index contributed by atoms with van der Waals surface area (Å²) in [6, 6.07) is 8.43. The maximum Gasteiger partial charge on any atom is 0.271 e. The number of aromatic nitrogens is 1. The fourth-order valence-electron chi connectivity index (χ4n) is 4.10. The van der Waals surface area contributed by atoms with Crippen molar-refractivity contribution in [3.8, 4) is 0 Å². The lowest BCUT2D eigenvalue weighted by Crippen LogP contribution is -2.52. The zero-order valence-corrected chi connectivity index (χ0v) is 17.4. The largest absolute Gasteiger partial charge is 0.351 e. The Morgan fingerprint density at radius 1 is 1.23 bits per heavy atom. The molecule has 1 aliphatic rings. The van der Waals surface area contributed by atoms with Crippen LogP contribution in [0.25, 0.3) is 10.8 Å². The van der Waals surface area contributed by atoms with Gasteiger partial charge in [0.1, 0.15) is 17.6 Å². The number of hydrogen-bond donors (Lipinski definition) is 6. The van der Waals surface area contributed by atoms with Gasteiger partial charge in [0.2, 0.25) is 5.91 Å². The summed E-state index contributed by atoms with van der Waals surface area (Å²) in [6.07, 6.45) is 5.10. The topological polar surface area (TPSA) is 174 Å². The van der Waals surface area contributed by atoms with Crippen LogP contribution in [-0.4, -0.2) is 41.3 Å². The molecule has 1 heterocycles. The van der Waals surface area contributed by atoms with Crippen molar-refractivity contribution in [1.29, 1.82) is 0 Å². The summed E-state index contributed by atoms with van der Waals surface area (Å²) in [6.45, 7) is 0.416. The number of nitrogens with one attached hydrogen (secondary N) is 3. The molecule has 1 saturated carbocycles. The molecule has 0 aliphatic heterocycles. The molecule has 10 heteroatoms. The third kappa shape index (κ3) is 5.28. The van der Waals surface area contributed by atoms with Gasteiger partial charge in [-0.3, -0.25) is 14.6 Å². The van der Waals surface area contributed by atoms with E-state index in [-0.39, 0.29) is 23.6 Å². The van der Waals surface area contributed by atoms with E-state index >= 15 is 0 Å². The van der Waals surface area contributed by atoms with Crippen molar-refractivity contribution < 1.29 is 9.59 Å². The van der Waals surface area contributed by atoms with Gasteiger partial charge in [-0.1, -0.05) is 30.7 Å². The average Bonchev–Trinajstić information content (AvgIpc) is 3.24. The van der Waals surface area contributed by atoms with E-state index in [1.165, 1.54) is 0 Å². The molecule has 3 atom stereocenters. The van der Waals surface area contributed by atoms with Crippen LogP contribution in [-0.2, 0) is 4.79 Å². The molecule has 0 spiro atoms. The first-order valence-corrected chi connectivity index (χ1v) is 10.5. The first kappa shape index (κ1) is 22.4. The van der Waals surface area contributed by atoms with E-state index in [0.29, 0.717) is 25.2 Å². The lowest BCUT2D eigenvalue weighted by atomic mass is 10.0. The number of rotatable bonds is 8. The summed E-state index contributed by atoms with van der Waals surface area (Å²) in [5.41, 5.74) is 8.44. The maximum atomic E-state index is 13.1. The maximum absolute atomic E-state index is 13.1. The van der Waals surface area contributed by atoms with Crippen LogP contribution in [0.4, 0.5) is 0 Å². The standard InChI is InChI=1S/C21H30N8O2/c22-11-4-9-17(20(30)26-16-8-3-7-15(16)19(28-23)29-24)27-21(31)18-14-6-2-1-5-13(14)10-12-25-18/h1-2,5-6,10,12,15-17H,3-4,7-9,11,22-24H2,(H,26,30)(H,27,31)(H,28,29). The van der Waals surface area contributed by atoms with Gasteiger partial charge >= 0.3 is 0 Å². The summed E-state index contributed by atoms with van der Waals surface area (Å²) in [5, 5.41) is 11.2. The summed E-state index contributed by atoms with van der Waals surface area (Å²) in [4.78, 5) is 30.3. The molecule has 2 aromatic rings. The number of benzene rings is 1. The van der Waals surface area contributed by atoms with E-state index in [9.17, 15) is 9.59 Å². The highest BCUT2D eigenvalue weighted by Gasteiger charge is 2.34. The molecule has 0 saturated heterocycles. The van der Waals surface area contributed by atoms with Crippen molar-refractivity contribution in [1.82, 2.24) is 21.0 Å². The summed E-state index contributed by atoms with van der Waals surface area (Å²) >= 11 is 0. The molecular weight excluding hydrogens is 396 g/mol. The minimum Gasteiger partial charge on any atom is -0.351 e. The molecule has 1 aromatic heterocycles. The number of carbonyl (C=O) groups excluding carboxylic acids is 2. The number of nitrogens with zero attached hydrogens (tertiary/aromatic N) is 2. The number of nitrogens with two attached hydrogens (primary N) is 3. The molecule has 0 bridgehead atoms. The highest BCUT2D eigenvalue weighted by molar-refractivity contribution is 6.06. The van der Waals surface area contributed by atoms with Crippen molar-refractivity contribution in [2.75, 3.05) is 6.54 Å². The fourth-order valence-corrected chi connectivity index (χ4v) is 4.10. The van der Waals surface area contributed by atoms with Crippen LogP contribution in [0.3, 0.4) is 0 Å². The quantitative estimate of drug-likeness (QED) is 0.150. The van der Waals surface area contributed by atoms with Crippen molar-refractivity contribution in [3.63, 3.8) is 0 Å². The van der Waals surface area contributed by atoms with Crippen LogP contribution in [0.2, 0.25) is 0 Å². The van der Waals surface area contributed by atoms with Gasteiger partial charge in [0.05, 0.1) is 0 Å². The smallest absolute Gasteiger partial charge is 0.271 e. The van der Waals surface area contributed by atoms with Crippen LogP contribution < -0.4 is 33.5 Å². The van der Waals surface area contributed by atoms with Crippen molar-refractivity contribution in [2.45, 2.75) is 44.2 Å². The second-order valence-corrected chi connectivity index (χ2v) is 7.65. The first-order chi connectivity index (χ1) is 15.1. The second kappa shape index (κ2) is 10.7. The predicted molar refractivity (Wildman–Crippen MR) is 120 cm³/mol. The van der Waals surface area contributed by atoms with Gasteiger partial charge in [-0.05, 0) is 43.7 Å². The third-order valence-corrected chi connectivity index (χ3v) is 5.69.